The smallest absolute Gasteiger partial charge is 0.320 e. The van der Waals surface area contributed by atoms with E-state index in [1.54, 1.807) is 0 Å². The number of carbonyl (C=O) groups excluding carboxylic acids is 1. The number of carboxylic acid groups (broad SMARTS) is 1. The maximum atomic E-state index is 13.0. The minimum absolute atomic E-state index is 0.108. The van der Waals surface area contributed by atoms with Gasteiger partial charge in [0.05, 0.1) is 6.54 Å². The molecule has 0 aliphatic heterocycles. The van der Waals surface area contributed by atoms with Crippen LogP contribution >= 0.6 is 0 Å². The second kappa shape index (κ2) is 7.68. The maximum absolute atomic E-state index is 13.0. The highest BCUT2D eigenvalue weighted by molar-refractivity contribution is 5.92. The number of benzene rings is 1. The molecule has 0 spiro atoms. The van der Waals surface area contributed by atoms with Gasteiger partial charge in [0.1, 0.15) is 6.04 Å². The summed E-state index contributed by atoms with van der Waals surface area (Å²) in [7, 11) is 0. The van der Waals surface area contributed by atoms with Gasteiger partial charge in [-0.25, -0.2) is 8.78 Å². The second-order valence-electron chi connectivity index (χ2n) is 5.08. The molecule has 0 radical (unpaired) electrons. The van der Waals surface area contributed by atoms with Crippen LogP contribution in [0.1, 0.15) is 20.3 Å². The van der Waals surface area contributed by atoms with Gasteiger partial charge >= 0.3 is 5.97 Å². The SMILES string of the molecule is CC(C)CC(NCC(=O)Nc1ccc(F)c(F)c1)C(=O)O. The summed E-state index contributed by atoms with van der Waals surface area (Å²) in [5.74, 6) is -3.48. The number of hydrogen-bond donors (Lipinski definition) is 3. The van der Waals surface area contributed by atoms with Crippen molar-refractivity contribution in [3.63, 3.8) is 0 Å². The average molecular weight is 300 g/mol. The molecule has 0 aromatic heterocycles. The number of amides is 1. The van der Waals surface area contributed by atoms with Crippen molar-refractivity contribution in [1.29, 1.82) is 0 Å². The standard InChI is InChI=1S/C14H18F2N2O3/c1-8(2)5-12(14(20)21)17-7-13(19)18-9-3-4-10(15)11(16)6-9/h3-4,6,8,12,17H,5,7H2,1-2H3,(H,18,19)(H,20,21). The Morgan fingerprint density at radius 1 is 1.24 bits per heavy atom. The van der Waals surface area contributed by atoms with Gasteiger partial charge in [0.25, 0.3) is 0 Å². The minimum Gasteiger partial charge on any atom is -0.480 e. The third-order valence-corrected chi connectivity index (χ3v) is 2.72. The predicted octanol–water partition coefficient (Wildman–Crippen LogP) is 1.99. The van der Waals surface area contributed by atoms with Gasteiger partial charge in [-0.05, 0) is 24.5 Å². The molecule has 1 unspecified atom stereocenters. The molecule has 116 valence electrons. The fourth-order valence-corrected chi connectivity index (χ4v) is 1.74. The largest absolute Gasteiger partial charge is 0.480 e. The van der Waals surface area contributed by atoms with E-state index in [0.29, 0.717) is 6.42 Å². The Balaban J connectivity index is 2.52. The van der Waals surface area contributed by atoms with Gasteiger partial charge in [0.2, 0.25) is 5.91 Å². The third kappa shape index (κ3) is 5.86. The lowest BCUT2D eigenvalue weighted by Crippen LogP contribution is -2.42. The summed E-state index contributed by atoms with van der Waals surface area (Å²) < 4.78 is 25.7. The first-order valence-electron chi connectivity index (χ1n) is 6.50. The first kappa shape index (κ1) is 17.0. The van der Waals surface area contributed by atoms with Crippen LogP contribution < -0.4 is 10.6 Å². The summed E-state index contributed by atoms with van der Waals surface area (Å²) in [5.41, 5.74) is 0.108. The molecular formula is C14H18F2N2O3. The lowest BCUT2D eigenvalue weighted by atomic mass is 10.0. The summed E-state index contributed by atoms with van der Waals surface area (Å²) in [5, 5.41) is 14.0. The molecule has 1 atom stereocenters. The first-order chi connectivity index (χ1) is 9.79. The summed E-state index contributed by atoms with van der Waals surface area (Å²) in [4.78, 5) is 22.6. The van der Waals surface area contributed by atoms with Crippen LogP contribution in [0.4, 0.5) is 14.5 Å². The number of hydrogen-bond acceptors (Lipinski definition) is 3. The quantitative estimate of drug-likeness (QED) is 0.719. The Morgan fingerprint density at radius 2 is 1.90 bits per heavy atom. The van der Waals surface area contributed by atoms with Crippen LogP contribution in [0.5, 0.6) is 0 Å². The molecule has 0 aliphatic carbocycles. The summed E-state index contributed by atoms with van der Waals surface area (Å²) >= 11 is 0. The van der Waals surface area contributed by atoms with Crippen LogP contribution in [0, 0.1) is 17.6 Å². The summed E-state index contributed by atoms with van der Waals surface area (Å²) in [6.07, 6.45) is 0.383. The molecule has 0 saturated heterocycles. The molecule has 3 N–H and O–H groups in total. The number of carboxylic acids is 1. The van der Waals surface area contributed by atoms with Crippen LogP contribution in [-0.2, 0) is 9.59 Å². The van der Waals surface area contributed by atoms with E-state index >= 15 is 0 Å². The minimum atomic E-state index is -1.07. The molecule has 0 heterocycles. The first-order valence-corrected chi connectivity index (χ1v) is 6.50. The zero-order valence-corrected chi connectivity index (χ0v) is 11.8. The normalized spacial score (nSPS) is 12.2. The van der Waals surface area contributed by atoms with E-state index in [2.05, 4.69) is 10.6 Å². The van der Waals surface area contributed by atoms with E-state index in [-0.39, 0.29) is 18.2 Å². The molecule has 0 aliphatic rings. The Labute approximate surface area is 121 Å². The molecule has 1 aromatic rings. The number of anilines is 1. The van der Waals surface area contributed by atoms with Gasteiger partial charge in [-0.3, -0.25) is 14.9 Å². The Kier molecular flexibility index (Phi) is 6.23. The van der Waals surface area contributed by atoms with E-state index in [0.717, 1.165) is 12.1 Å². The van der Waals surface area contributed by atoms with Crippen molar-refractivity contribution in [1.82, 2.24) is 5.32 Å². The van der Waals surface area contributed by atoms with E-state index in [1.165, 1.54) is 6.07 Å². The molecule has 0 fully saturated rings. The van der Waals surface area contributed by atoms with E-state index < -0.39 is 29.6 Å². The third-order valence-electron chi connectivity index (χ3n) is 2.72. The topological polar surface area (TPSA) is 78.4 Å². The zero-order valence-electron chi connectivity index (χ0n) is 11.8. The number of nitrogens with one attached hydrogen (secondary N) is 2. The summed E-state index contributed by atoms with van der Waals surface area (Å²) in [6, 6.07) is 2.15. The van der Waals surface area contributed by atoms with Crippen molar-refractivity contribution in [2.24, 2.45) is 5.92 Å². The molecule has 5 nitrogen and oxygen atoms in total. The average Bonchev–Trinajstić information content (AvgIpc) is 2.38. The molecule has 0 bridgehead atoms. The van der Waals surface area contributed by atoms with Gasteiger partial charge in [-0.1, -0.05) is 13.8 Å². The Morgan fingerprint density at radius 3 is 2.43 bits per heavy atom. The maximum Gasteiger partial charge on any atom is 0.320 e. The zero-order chi connectivity index (χ0) is 16.0. The molecule has 7 heteroatoms. The fraction of sp³-hybridized carbons (Fsp3) is 0.429. The van der Waals surface area contributed by atoms with Crippen LogP contribution in [0.2, 0.25) is 0 Å². The highest BCUT2D eigenvalue weighted by atomic mass is 19.2. The van der Waals surface area contributed by atoms with Crippen LogP contribution in [0.15, 0.2) is 18.2 Å². The molecule has 1 rings (SSSR count). The van der Waals surface area contributed by atoms with E-state index in [1.807, 2.05) is 13.8 Å². The van der Waals surface area contributed by atoms with Crippen LogP contribution in [0.3, 0.4) is 0 Å². The summed E-state index contributed by atoms with van der Waals surface area (Å²) in [6.45, 7) is 3.51. The number of aliphatic carboxylic acids is 1. The van der Waals surface area contributed by atoms with Gasteiger partial charge in [0.15, 0.2) is 11.6 Å². The van der Waals surface area contributed by atoms with Gasteiger partial charge < -0.3 is 10.4 Å². The van der Waals surface area contributed by atoms with Gasteiger partial charge in [-0.15, -0.1) is 0 Å². The molecular weight excluding hydrogens is 282 g/mol. The molecule has 21 heavy (non-hydrogen) atoms. The highest BCUT2D eigenvalue weighted by Crippen LogP contribution is 2.12. The number of halogens is 2. The molecule has 0 saturated carbocycles. The molecule has 1 amide bonds. The monoisotopic (exact) mass is 300 g/mol. The lowest BCUT2D eigenvalue weighted by molar-refractivity contribution is -0.139. The van der Waals surface area contributed by atoms with Crippen LogP contribution in [0.25, 0.3) is 0 Å². The fourth-order valence-electron chi connectivity index (χ4n) is 1.74. The van der Waals surface area contributed by atoms with Crippen molar-refractivity contribution in [3.8, 4) is 0 Å². The van der Waals surface area contributed by atoms with E-state index in [9.17, 15) is 18.4 Å². The van der Waals surface area contributed by atoms with E-state index in [4.69, 9.17) is 5.11 Å². The van der Waals surface area contributed by atoms with Crippen LogP contribution in [-0.4, -0.2) is 29.6 Å². The van der Waals surface area contributed by atoms with Crippen molar-refractivity contribution in [2.45, 2.75) is 26.3 Å². The van der Waals surface area contributed by atoms with Gasteiger partial charge in [0, 0.05) is 11.8 Å². The Bertz CT molecular complexity index is 521. The second-order valence-corrected chi connectivity index (χ2v) is 5.08. The van der Waals surface area contributed by atoms with Crippen molar-refractivity contribution in [2.75, 3.05) is 11.9 Å². The molecule has 1 aromatic carbocycles. The van der Waals surface area contributed by atoms with Gasteiger partial charge in [-0.2, -0.15) is 0 Å². The highest BCUT2D eigenvalue weighted by Gasteiger charge is 2.19. The van der Waals surface area contributed by atoms with Crippen molar-refractivity contribution in [3.05, 3.63) is 29.8 Å². The number of rotatable bonds is 7. The van der Waals surface area contributed by atoms with Crippen molar-refractivity contribution < 1.29 is 23.5 Å². The lowest BCUT2D eigenvalue weighted by Gasteiger charge is -2.16. The predicted molar refractivity (Wildman–Crippen MR) is 73.9 cm³/mol. The Hall–Kier alpha value is -2.02. The number of carbonyl (C=O) groups is 2. The van der Waals surface area contributed by atoms with Crippen molar-refractivity contribution >= 4 is 17.6 Å².